The summed E-state index contributed by atoms with van der Waals surface area (Å²) in [7, 11) is 1.83. The standard InChI is InChI=1S/C20H21N5O/c1-15-5-6-18-16(13-15)7-11-24(18)12-8-21-19(26)17-14-22-23(2)20(17)25-9-3-4-10-25/h3-7,9-11,13-14H,8,12H2,1-2H3,(H,21,26). The van der Waals surface area contributed by atoms with Crippen LogP contribution in [0, 0.1) is 6.92 Å². The maximum absolute atomic E-state index is 12.6. The molecule has 0 radical (unpaired) electrons. The molecule has 3 heterocycles. The number of hydrogen-bond donors (Lipinski definition) is 1. The Morgan fingerprint density at radius 2 is 1.96 bits per heavy atom. The minimum Gasteiger partial charge on any atom is -0.350 e. The molecule has 1 aromatic carbocycles. The first-order valence-electron chi connectivity index (χ1n) is 8.62. The zero-order chi connectivity index (χ0) is 18.1. The molecule has 0 saturated heterocycles. The summed E-state index contributed by atoms with van der Waals surface area (Å²) in [4.78, 5) is 12.6. The van der Waals surface area contributed by atoms with Crippen LogP contribution in [0.5, 0.6) is 0 Å². The van der Waals surface area contributed by atoms with Crippen molar-refractivity contribution in [1.29, 1.82) is 0 Å². The zero-order valence-electron chi connectivity index (χ0n) is 14.9. The average molecular weight is 347 g/mol. The molecule has 0 atom stereocenters. The third kappa shape index (κ3) is 2.90. The van der Waals surface area contributed by atoms with Crippen LogP contribution in [0.15, 0.2) is 61.2 Å². The van der Waals surface area contributed by atoms with Gasteiger partial charge in [-0.1, -0.05) is 11.6 Å². The lowest BCUT2D eigenvalue weighted by atomic mass is 10.2. The lowest BCUT2D eigenvalue weighted by Crippen LogP contribution is -2.27. The smallest absolute Gasteiger partial charge is 0.256 e. The van der Waals surface area contributed by atoms with Crippen molar-refractivity contribution in [1.82, 2.24) is 24.2 Å². The van der Waals surface area contributed by atoms with E-state index in [2.05, 4.69) is 52.4 Å². The van der Waals surface area contributed by atoms with Gasteiger partial charge in [-0.3, -0.25) is 9.48 Å². The van der Waals surface area contributed by atoms with Crippen molar-refractivity contribution >= 4 is 16.8 Å². The Bertz CT molecular complexity index is 1060. The van der Waals surface area contributed by atoms with Crippen molar-refractivity contribution in [2.24, 2.45) is 7.05 Å². The first-order valence-corrected chi connectivity index (χ1v) is 8.62. The second-order valence-corrected chi connectivity index (χ2v) is 6.42. The molecular formula is C20H21N5O. The van der Waals surface area contributed by atoms with Crippen LogP contribution >= 0.6 is 0 Å². The van der Waals surface area contributed by atoms with Gasteiger partial charge in [-0.2, -0.15) is 5.10 Å². The summed E-state index contributed by atoms with van der Waals surface area (Å²) in [6, 6.07) is 12.4. The lowest BCUT2D eigenvalue weighted by Gasteiger charge is -2.10. The van der Waals surface area contributed by atoms with Crippen molar-refractivity contribution in [3.05, 3.63) is 72.3 Å². The van der Waals surface area contributed by atoms with Crippen LogP contribution in [0.25, 0.3) is 16.7 Å². The van der Waals surface area contributed by atoms with Gasteiger partial charge in [-0.25, -0.2) is 0 Å². The molecule has 0 aliphatic heterocycles. The van der Waals surface area contributed by atoms with Gasteiger partial charge in [0.25, 0.3) is 5.91 Å². The number of nitrogens with zero attached hydrogens (tertiary/aromatic N) is 4. The summed E-state index contributed by atoms with van der Waals surface area (Å²) in [6.07, 6.45) is 7.48. The molecular weight excluding hydrogens is 326 g/mol. The number of rotatable bonds is 5. The molecule has 0 fully saturated rings. The first-order chi connectivity index (χ1) is 12.6. The Balaban J connectivity index is 1.46. The van der Waals surface area contributed by atoms with Crippen LogP contribution in [0.4, 0.5) is 0 Å². The van der Waals surface area contributed by atoms with Crippen LogP contribution in [0.3, 0.4) is 0 Å². The molecule has 1 N–H and O–H groups in total. The minimum atomic E-state index is -0.117. The highest BCUT2D eigenvalue weighted by molar-refractivity contribution is 5.97. The van der Waals surface area contributed by atoms with E-state index in [1.807, 2.05) is 36.1 Å². The third-order valence-corrected chi connectivity index (χ3v) is 4.57. The molecule has 0 unspecified atom stereocenters. The summed E-state index contributed by atoms with van der Waals surface area (Å²) < 4.78 is 5.76. The van der Waals surface area contributed by atoms with Gasteiger partial charge >= 0.3 is 0 Å². The van der Waals surface area contributed by atoms with E-state index in [1.54, 1.807) is 10.9 Å². The second kappa shape index (κ2) is 6.55. The molecule has 0 aliphatic carbocycles. The fourth-order valence-corrected chi connectivity index (χ4v) is 3.27. The first kappa shape index (κ1) is 16.2. The Hall–Kier alpha value is -3.28. The van der Waals surface area contributed by atoms with Crippen LogP contribution in [-0.4, -0.2) is 31.4 Å². The van der Waals surface area contributed by atoms with Crippen molar-refractivity contribution in [3.63, 3.8) is 0 Å². The molecule has 6 nitrogen and oxygen atoms in total. The number of hydrogen-bond acceptors (Lipinski definition) is 2. The summed E-state index contributed by atoms with van der Waals surface area (Å²) in [5.74, 6) is 0.642. The van der Waals surface area contributed by atoms with Gasteiger partial charge in [0.05, 0.1) is 6.20 Å². The van der Waals surface area contributed by atoms with Crippen molar-refractivity contribution < 1.29 is 4.79 Å². The number of carbonyl (C=O) groups is 1. The molecule has 0 spiro atoms. The molecule has 3 aromatic heterocycles. The molecule has 26 heavy (non-hydrogen) atoms. The SMILES string of the molecule is Cc1ccc2c(ccn2CCNC(=O)c2cnn(C)c2-n2cccc2)c1. The van der Waals surface area contributed by atoms with E-state index in [9.17, 15) is 4.79 Å². The zero-order valence-corrected chi connectivity index (χ0v) is 14.9. The van der Waals surface area contributed by atoms with E-state index >= 15 is 0 Å². The molecule has 0 saturated carbocycles. The highest BCUT2D eigenvalue weighted by Crippen LogP contribution is 2.17. The summed E-state index contributed by atoms with van der Waals surface area (Å²) in [6.45, 7) is 3.36. The maximum Gasteiger partial charge on any atom is 0.256 e. The summed E-state index contributed by atoms with van der Waals surface area (Å²) >= 11 is 0. The van der Waals surface area contributed by atoms with Gasteiger partial charge < -0.3 is 14.5 Å². The number of benzene rings is 1. The summed E-state index contributed by atoms with van der Waals surface area (Å²) in [5, 5.41) is 8.45. The van der Waals surface area contributed by atoms with Crippen LogP contribution in [-0.2, 0) is 13.6 Å². The highest BCUT2D eigenvalue weighted by atomic mass is 16.1. The molecule has 6 heteroatoms. The van der Waals surface area contributed by atoms with E-state index in [4.69, 9.17) is 0 Å². The van der Waals surface area contributed by atoms with Crippen molar-refractivity contribution in [3.8, 4) is 5.82 Å². The number of aromatic nitrogens is 4. The van der Waals surface area contributed by atoms with Gasteiger partial charge in [-0.05, 0) is 42.6 Å². The van der Waals surface area contributed by atoms with Gasteiger partial charge in [0.1, 0.15) is 11.4 Å². The predicted octanol–water partition coefficient (Wildman–Crippen LogP) is 2.90. The Kier molecular flexibility index (Phi) is 4.08. The molecule has 0 bridgehead atoms. The van der Waals surface area contributed by atoms with Crippen LogP contribution in [0.1, 0.15) is 15.9 Å². The quantitative estimate of drug-likeness (QED) is 0.603. The second-order valence-electron chi connectivity index (χ2n) is 6.42. The van der Waals surface area contributed by atoms with Crippen LogP contribution < -0.4 is 5.32 Å². The number of aryl methyl sites for hydroxylation is 2. The van der Waals surface area contributed by atoms with E-state index in [0.29, 0.717) is 12.1 Å². The van der Waals surface area contributed by atoms with E-state index < -0.39 is 0 Å². The molecule has 4 rings (SSSR count). The van der Waals surface area contributed by atoms with E-state index in [-0.39, 0.29) is 5.91 Å². The van der Waals surface area contributed by atoms with Gasteiger partial charge in [0.2, 0.25) is 0 Å². The van der Waals surface area contributed by atoms with Gasteiger partial charge in [0, 0.05) is 44.2 Å². The summed E-state index contributed by atoms with van der Waals surface area (Å²) in [5.41, 5.74) is 2.99. The van der Waals surface area contributed by atoms with Crippen molar-refractivity contribution in [2.75, 3.05) is 6.54 Å². The largest absolute Gasteiger partial charge is 0.350 e. The number of fused-ring (bicyclic) bond motifs is 1. The van der Waals surface area contributed by atoms with E-state index in [0.717, 1.165) is 12.4 Å². The molecule has 0 aliphatic rings. The normalized spacial score (nSPS) is 11.2. The number of carbonyl (C=O) groups excluding carboxylic acids is 1. The maximum atomic E-state index is 12.6. The van der Waals surface area contributed by atoms with Gasteiger partial charge in [0.15, 0.2) is 0 Å². The monoisotopic (exact) mass is 347 g/mol. The molecule has 132 valence electrons. The fourth-order valence-electron chi connectivity index (χ4n) is 3.27. The fraction of sp³-hybridized carbons (Fsp3) is 0.200. The number of nitrogens with one attached hydrogen (secondary N) is 1. The highest BCUT2D eigenvalue weighted by Gasteiger charge is 2.16. The van der Waals surface area contributed by atoms with Crippen molar-refractivity contribution in [2.45, 2.75) is 13.5 Å². The number of amides is 1. The third-order valence-electron chi connectivity index (χ3n) is 4.57. The molecule has 4 aromatic rings. The topological polar surface area (TPSA) is 56.8 Å². The van der Waals surface area contributed by atoms with E-state index in [1.165, 1.54) is 16.5 Å². The Morgan fingerprint density at radius 1 is 1.15 bits per heavy atom. The Labute approximate surface area is 151 Å². The molecule has 1 amide bonds. The minimum absolute atomic E-state index is 0.117. The average Bonchev–Trinajstić information content (AvgIpc) is 3.34. The lowest BCUT2D eigenvalue weighted by molar-refractivity contribution is 0.0952. The van der Waals surface area contributed by atoms with Gasteiger partial charge in [-0.15, -0.1) is 0 Å². The van der Waals surface area contributed by atoms with Crippen LogP contribution in [0.2, 0.25) is 0 Å². The predicted molar refractivity (Wildman–Crippen MR) is 102 cm³/mol. The Morgan fingerprint density at radius 3 is 2.77 bits per heavy atom.